The maximum absolute atomic E-state index is 5.46. The SMILES string of the molecule is NCCNC1CCc2sc(Br)cc21. The van der Waals surface area contributed by atoms with E-state index in [1.54, 1.807) is 0 Å². The lowest BCUT2D eigenvalue weighted by molar-refractivity contribution is 0.538. The largest absolute Gasteiger partial charge is 0.329 e. The Balaban J connectivity index is 2.08. The highest BCUT2D eigenvalue weighted by molar-refractivity contribution is 9.11. The summed E-state index contributed by atoms with van der Waals surface area (Å²) in [6, 6.07) is 2.78. The van der Waals surface area contributed by atoms with Crippen LogP contribution < -0.4 is 11.1 Å². The lowest BCUT2D eigenvalue weighted by atomic mass is 10.2. The van der Waals surface area contributed by atoms with Crippen molar-refractivity contribution in [2.24, 2.45) is 5.73 Å². The number of hydrogen-bond acceptors (Lipinski definition) is 3. The highest BCUT2D eigenvalue weighted by atomic mass is 79.9. The van der Waals surface area contributed by atoms with Gasteiger partial charge < -0.3 is 11.1 Å². The van der Waals surface area contributed by atoms with Crippen LogP contribution in [0.4, 0.5) is 0 Å². The Kier molecular flexibility index (Phi) is 3.03. The molecule has 2 nitrogen and oxygen atoms in total. The predicted molar refractivity (Wildman–Crippen MR) is 60.1 cm³/mol. The molecule has 4 heteroatoms. The summed E-state index contributed by atoms with van der Waals surface area (Å²) in [6.07, 6.45) is 2.45. The van der Waals surface area contributed by atoms with E-state index in [1.807, 2.05) is 11.3 Å². The first kappa shape index (κ1) is 9.65. The third kappa shape index (κ3) is 1.96. The molecule has 13 heavy (non-hydrogen) atoms. The van der Waals surface area contributed by atoms with Gasteiger partial charge in [-0.2, -0.15) is 0 Å². The molecule has 1 atom stereocenters. The summed E-state index contributed by atoms with van der Waals surface area (Å²) in [5.74, 6) is 0. The first-order valence-corrected chi connectivity index (χ1v) is 6.14. The van der Waals surface area contributed by atoms with E-state index in [1.165, 1.54) is 27.1 Å². The third-order valence-corrected chi connectivity index (χ3v) is 4.10. The van der Waals surface area contributed by atoms with Gasteiger partial charge in [-0.05, 0) is 40.4 Å². The van der Waals surface area contributed by atoms with Crippen LogP contribution in [-0.2, 0) is 6.42 Å². The van der Waals surface area contributed by atoms with Crippen LogP contribution >= 0.6 is 27.3 Å². The molecule has 1 heterocycles. The summed E-state index contributed by atoms with van der Waals surface area (Å²) < 4.78 is 1.25. The monoisotopic (exact) mass is 260 g/mol. The van der Waals surface area contributed by atoms with Gasteiger partial charge in [-0.15, -0.1) is 11.3 Å². The van der Waals surface area contributed by atoms with Crippen LogP contribution in [0.25, 0.3) is 0 Å². The zero-order chi connectivity index (χ0) is 9.26. The Hall–Kier alpha value is 0.100. The van der Waals surface area contributed by atoms with Crippen LogP contribution in [0.15, 0.2) is 9.85 Å². The molecule has 72 valence electrons. The van der Waals surface area contributed by atoms with E-state index in [4.69, 9.17) is 5.73 Å². The first-order valence-electron chi connectivity index (χ1n) is 4.53. The molecular formula is C9H13BrN2S. The van der Waals surface area contributed by atoms with E-state index in [0.717, 1.165) is 13.1 Å². The Labute approximate surface area is 90.6 Å². The molecule has 0 radical (unpaired) electrons. The fourth-order valence-corrected chi connectivity index (χ4v) is 3.59. The average Bonchev–Trinajstić information content (AvgIpc) is 2.61. The van der Waals surface area contributed by atoms with Gasteiger partial charge in [0.1, 0.15) is 0 Å². The third-order valence-electron chi connectivity index (χ3n) is 2.38. The summed E-state index contributed by atoms with van der Waals surface area (Å²) in [4.78, 5) is 1.53. The normalized spacial score (nSPS) is 20.6. The topological polar surface area (TPSA) is 38.0 Å². The summed E-state index contributed by atoms with van der Waals surface area (Å²) in [5, 5.41) is 3.46. The molecule has 0 spiro atoms. The minimum Gasteiger partial charge on any atom is -0.329 e. The van der Waals surface area contributed by atoms with Gasteiger partial charge in [0.25, 0.3) is 0 Å². The van der Waals surface area contributed by atoms with Crippen LogP contribution in [0.2, 0.25) is 0 Å². The number of halogens is 1. The van der Waals surface area contributed by atoms with Gasteiger partial charge in [-0.3, -0.25) is 0 Å². The number of nitrogens with two attached hydrogens (primary N) is 1. The first-order chi connectivity index (χ1) is 6.31. The number of fused-ring (bicyclic) bond motifs is 1. The van der Waals surface area contributed by atoms with Crippen molar-refractivity contribution >= 4 is 27.3 Å². The number of thiophene rings is 1. The van der Waals surface area contributed by atoms with E-state index < -0.39 is 0 Å². The highest BCUT2D eigenvalue weighted by Crippen LogP contribution is 2.39. The lowest BCUT2D eigenvalue weighted by Gasteiger charge is -2.11. The van der Waals surface area contributed by atoms with Crippen molar-refractivity contribution in [1.82, 2.24) is 5.32 Å². The Morgan fingerprint density at radius 2 is 2.54 bits per heavy atom. The number of hydrogen-bond donors (Lipinski definition) is 2. The maximum atomic E-state index is 5.46. The second-order valence-corrected chi connectivity index (χ2v) is 5.78. The predicted octanol–water partition coefficient (Wildman–Crippen LogP) is 2.05. The molecule has 0 aliphatic heterocycles. The molecule has 1 aliphatic rings. The summed E-state index contributed by atoms with van der Waals surface area (Å²) in [6.45, 7) is 1.63. The van der Waals surface area contributed by atoms with E-state index in [9.17, 15) is 0 Å². The Bertz CT molecular complexity index is 298. The van der Waals surface area contributed by atoms with Crippen LogP contribution in [0, 0.1) is 0 Å². The van der Waals surface area contributed by atoms with Gasteiger partial charge in [0.2, 0.25) is 0 Å². The molecule has 0 fully saturated rings. The van der Waals surface area contributed by atoms with Crippen LogP contribution in [0.1, 0.15) is 22.9 Å². The Morgan fingerprint density at radius 1 is 1.69 bits per heavy atom. The lowest BCUT2D eigenvalue weighted by Crippen LogP contribution is -2.25. The fourth-order valence-electron chi connectivity index (χ4n) is 1.80. The quantitative estimate of drug-likeness (QED) is 0.873. The number of aryl methyl sites for hydroxylation is 1. The van der Waals surface area contributed by atoms with Crippen molar-refractivity contribution in [3.63, 3.8) is 0 Å². The van der Waals surface area contributed by atoms with Crippen molar-refractivity contribution in [2.75, 3.05) is 13.1 Å². The van der Waals surface area contributed by atoms with Crippen LogP contribution in [0.3, 0.4) is 0 Å². The molecule has 1 aromatic heterocycles. The second-order valence-electron chi connectivity index (χ2n) is 3.26. The second kappa shape index (κ2) is 4.09. The van der Waals surface area contributed by atoms with E-state index in [-0.39, 0.29) is 0 Å². The van der Waals surface area contributed by atoms with E-state index in [2.05, 4.69) is 27.3 Å². The molecule has 0 amide bonds. The van der Waals surface area contributed by atoms with Gasteiger partial charge >= 0.3 is 0 Å². The summed E-state index contributed by atoms with van der Waals surface area (Å²) in [5.41, 5.74) is 6.94. The zero-order valence-corrected chi connectivity index (χ0v) is 9.75. The number of nitrogens with one attached hydrogen (secondary N) is 1. The van der Waals surface area contributed by atoms with Crippen LogP contribution in [0.5, 0.6) is 0 Å². The van der Waals surface area contributed by atoms with Crippen molar-refractivity contribution in [3.8, 4) is 0 Å². The summed E-state index contributed by atoms with van der Waals surface area (Å²) >= 11 is 5.38. The Morgan fingerprint density at radius 3 is 3.31 bits per heavy atom. The van der Waals surface area contributed by atoms with E-state index >= 15 is 0 Å². The number of rotatable bonds is 3. The van der Waals surface area contributed by atoms with Crippen molar-refractivity contribution < 1.29 is 0 Å². The van der Waals surface area contributed by atoms with Crippen molar-refractivity contribution in [3.05, 3.63) is 20.3 Å². The molecule has 0 bridgehead atoms. The maximum Gasteiger partial charge on any atom is 0.0704 e. The molecule has 0 saturated heterocycles. The van der Waals surface area contributed by atoms with Gasteiger partial charge in [0, 0.05) is 24.0 Å². The minimum absolute atomic E-state index is 0.543. The molecular weight excluding hydrogens is 248 g/mol. The molecule has 3 N–H and O–H groups in total. The van der Waals surface area contributed by atoms with E-state index in [0.29, 0.717) is 6.04 Å². The van der Waals surface area contributed by atoms with Gasteiger partial charge in [-0.1, -0.05) is 0 Å². The average molecular weight is 261 g/mol. The van der Waals surface area contributed by atoms with Crippen molar-refractivity contribution in [1.29, 1.82) is 0 Å². The zero-order valence-electron chi connectivity index (χ0n) is 7.35. The van der Waals surface area contributed by atoms with Gasteiger partial charge in [0.05, 0.1) is 3.79 Å². The van der Waals surface area contributed by atoms with Crippen molar-refractivity contribution in [2.45, 2.75) is 18.9 Å². The molecule has 1 aromatic rings. The molecule has 2 rings (SSSR count). The fraction of sp³-hybridized carbons (Fsp3) is 0.556. The molecule has 0 aromatic carbocycles. The standard InChI is InChI=1S/C9H13BrN2S/c10-9-5-6-7(12-4-3-11)1-2-8(6)13-9/h5,7,12H,1-4,11H2. The van der Waals surface area contributed by atoms with Gasteiger partial charge in [-0.25, -0.2) is 0 Å². The smallest absolute Gasteiger partial charge is 0.0704 e. The molecule has 0 saturated carbocycles. The molecule has 1 aliphatic carbocycles. The van der Waals surface area contributed by atoms with Gasteiger partial charge in [0.15, 0.2) is 0 Å². The molecule has 1 unspecified atom stereocenters. The minimum atomic E-state index is 0.543. The highest BCUT2D eigenvalue weighted by Gasteiger charge is 2.23. The van der Waals surface area contributed by atoms with Crippen LogP contribution in [-0.4, -0.2) is 13.1 Å². The summed E-state index contributed by atoms with van der Waals surface area (Å²) in [7, 11) is 0.